The van der Waals surface area contributed by atoms with Gasteiger partial charge in [0.05, 0.1) is 22.1 Å². The summed E-state index contributed by atoms with van der Waals surface area (Å²) in [4.78, 5) is 4.72. The zero-order chi connectivity index (χ0) is 41.0. The number of nitrogens with zero attached hydrogens (tertiary/aromatic N) is 3. The van der Waals surface area contributed by atoms with E-state index < -0.39 is 0 Å². The first kappa shape index (κ1) is 35.6. The molecule has 0 aliphatic heterocycles. The SMILES string of the molecule is c1ccc(N(c2cccc(-c3cccc(N(c4ccccc4)c4cccc5oc6cc7ccccc7cc6c45)c3)c2)c2ccc3c4ccccc4n(-c4ccccc4)c3c2)cc1. The molecule has 10 aromatic carbocycles. The Hall–Kier alpha value is -8.34. The van der Waals surface area contributed by atoms with Crippen molar-refractivity contribution in [2.75, 3.05) is 9.80 Å². The molecule has 0 aliphatic rings. The average Bonchev–Trinajstić information content (AvgIpc) is 3.87. The third kappa shape index (κ3) is 6.00. The highest BCUT2D eigenvalue weighted by molar-refractivity contribution is 6.16. The maximum atomic E-state index is 6.56. The second-order valence-electron chi connectivity index (χ2n) is 15.8. The van der Waals surface area contributed by atoms with E-state index in [1.807, 2.05) is 0 Å². The monoisotopic (exact) mass is 793 g/mol. The van der Waals surface area contributed by atoms with Gasteiger partial charge in [0, 0.05) is 50.3 Å². The van der Waals surface area contributed by atoms with Crippen LogP contribution in [-0.2, 0) is 0 Å². The second kappa shape index (κ2) is 14.7. The minimum absolute atomic E-state index is 0.862. The zero-order valence-corrected chi connectivity index (χ0v) is 33.8. The number of para-hydroxylation sites is 4. The van der Waals surface area contributed by atoms with Gasteiger partial charge in [0.2, 0.25) is 0 Å². The first-order valence-electron chi connectivity index (χ1n) is 21.1. The first-order valence-corrected chi connectivity index (χ1v) is 21.1. The van der Waals surface area contributed by atoms with E-state index >= 15 is 0 Å². The average molecular weight is 794 g/mol. The van der Waals surface area contributed by atoms with Crippen LogP contribution in [0.1, 0.15) is 0 Å². The summed E-state index contributed by atoms with van der Waals surface area (Å²) in [6.45, 7) is 0. The number of rotatable bonds is 8. The molecule has 0 saturated carbocycles. The van der Waals surface area contributed by atoms with Gasteiger partial charge in [-0.3, -0.25) is 0 Å². The lowest BCUT2D eigenvalue weighted by Crippen LogP contribution is -2.10. The van der Waals surface area contributed by atoms with Gasteiger partial charge >= 0.3 is 0 Å². The molecule has 2 heterocycles. The number of hydrogen-bond acceptors (Lipinski definition) is 3. The van der Waals surface area contributed by atoms with Gasteiger partial charge in [-0.2, -0.15) is 0 Å². The van der Waals surface area contributed by atoms with Crippen molar-refractivity contribution in [1.82, 2.24) is 4.57 Å². The summed E-state index contributed by atoms with van der Waals surface area (Å²) in [5.74, 6) is 0. The van der Waals surface area contributed by atoms with Crippen molar-refractivity contribution in [3.8, 4) is 16.8 Å². The summed E-state index contributed by atoms with van der Waals surface area (Å²) < 4.78 is 8.94. The molecule has 0 atom stereocenters. The van der Waals surface area contributed by atoms with Gasteiger partial charge in [0.1, 0.15) is 11.2 Å². The predicted octanol–water partition coefficient (Wildman–Crippen LogP) is 16.4. The summed E-state index contributed by atoms with van der Waals surface area (Å²) in [6.07, 6.45) is 0. The molecule has 0 spiro atoms. The smallest absolute Gasteiger partial charge is 0.137 e. The van der Waals surface area contributed by atoms with Crippen molar-refractivity contribution in [2.24, 2.45) is 0 Å². The van der Waals surface area contributed by atoms with Crippen molar-refractivity contribution in [3.63, 3.8) is 0 Å². The molecule has 4 nitrogen and oxygen atoms in total. The fraction of sp³-hybridized carbons (Fsp3) is 0. The lowest BCUT2D eigenvalue weighted by atomic mass is 10.0. The van der Waals surface area contributed by atoms with Gasteiger partial charge in [-0.05, 0) is 125 Å². The Labute approximate surface area is 359 Å². The normalized spacial score (nSPS) is 11.5. The molecule has 0 unspecified atom stereocenters. The van der Waals surface area contributed by atoms with Crippen LogP contribution in [-0.4, -0.2) is 4.57 Å². The summed E-state index contributed by atoms with van der Waals surface area (Å²) in [5.41, 5.74) is 13.9. The highest BCUT2D eigenvalue weighted by Gasteiger charge is 2.21. The Morgan fingerprint density at radius 2 is 0.871 bits per heavy atom. The van der Waals surface area contributed by atoms with E-state index in [9.17, 15) is 0 Å². The number of hydrogen-bond donors (Lipinski definition) is 0. The van der Waals surface area contributed by atoms with Crippen LogP contribution >= 0.6 is 0 Å². The van der Waals surface area contributed by atoms with E-state index in [1.165, 1.54) is 21.7 Å². The zero-order valence-electron chi connectivity index (χ0n) is 33.8. The van der Waals surface area contributed by atoms with E-state index in [-0.39, 0.29) is 0 Å². The minimum Gasteiger partial charge on any atom is -0.456 e. The fourth-order valence-electron chi connectivity index (χ4n) is 9.31. The van der Waals surface area contributed by atoms with E-state index in [1.54, 1.807) is 0 Å². The largest absolute Gasteiger partial charge is 0.456 e. The molecule has 4 heteroatoms. The van der Waals surface area contributed by atoms with Crippen molar-refractivity contribution in [1.29, 1.82) is 0 Å². The third-order valence-corrected chi connectivity index (χ3v) is 12.1. The van der Waals surface area contributed by atoms with Crippen molar-refractivity contribution < 1.29 is 4.42 Å². The maximum absolute atomic E-state index is 6.56. The van der Waals surface area contributed by atoms with Gasteiger partial charge in [-0.15, -0.1) is 0 Å². The third-order valence-electron chi connectivity index (χ3n) is 12.1. The molecule has 0 aliphatic carbocycles. The first-order chi connectivity index (χ1) is 30.7. The number of furan rings is 1. The predicted molar refractivity (Wildman–Crippen MR) is 260 cm³/mol. The maximum Gasteiger partial charge on any atom is 0.137 e. The number of benzene rings is 10. The summed E-state index contributed by atoms with van der Waals surface area (Å²) in [6, 6.07) is 84.6. The van der Waals surface area contributed by atoms with Crippen LogP contribution in [0.15, 0.2) is 241 Å². The fourth-order valence-corrected chi connectivity index (χ4v) is 9.31. The van der Waals surface area contributed by atoms with Crippen LogP contribution in [0, 0.1) is 0 Å². The van der Waals surface area contributed by atoms with Crippen molar-refractivity contribution >= 4 is 88.6 Å². The van der Waals surface area contributed by atoms with Crippen molar-refractivity contribution in [3.05, 3.63) is 237 Å². The van der Waals surface area contributed by atoms with Crippen LogP contribution in [0.5, 0.6) is 0 Å². The van der Waals surface area contributed by atoms with Gasteiger partial charge < -0.3 is 18.8 Å². The molecule has 0 fully saturated rings. The Bertz CT molecular complexity index is 3590. The Morgan fingerprint density at radius 3 is 1.60 bits per heavy atom. The molecule has 0 amide bonds. The number of aromatic nitrogens is 1. The standard InChI is InChI=1S/C58H39N3O/c1-4-21-44(22-5-1)59(49-33-34-51-50-29-12-13-30-53(50)61(55(51)39-49)46-25-8-3-9-26-46)47-27-14-19-40(35-47)41-20-15-28-48(36-41)60(45-23-6-2-7-24-45)54-31-16-32-56-58(54)52-37-42-17-10-11-18-43(42)38-57(52)62-56/h1-39H. The Morgan fingerprint density at radius 1 is 0.323 bits per heavy atom. The molecule has 0 saturated heterocycles. The molecule has 0 N–H and O–H groups in total. The van der Waals surface area contributed by atoms with Crippen LogP contribution < -0.4 is 9.80 Å². The quantitative estimate of drug-likeness (QED) is 0.153. The summed E-state index contributed by atoms with van der Waals surface area (Å²) >= 11 is 0. The molecule has 12 rings (SSSR count). The van der Waals surface area contributed by atoms with Crippen LogP contribution in [0.2, 0.25) is 0 Å². The molecule has 0 radical (unpaired) electrons. The van der Waals surface area contributed by atoms with Gasteiger partial charge in [0.25, 0.3) is 0 Å². The van der Waals surface area contributed by atoms with E-state index in [0.717, 1.165) is 83.8 Å². The van der Waals surface area contributed by atoms with Gasteiger partial charge in [-0.25, -0.2) is 0 Å². The molecular formula is C58H39N3O. The van der Waals surface area contributed by atoms with Crippen LogP contribution in [0.3, 0.4) is 0 Å². The number of fused-ring (bicyclic) bond motifs is 7. The molecular weight excluding hydrogens is 755 g/mol. The van der Waals surface area contributed by atoms with Crippen molar-refractivity contribution in [2.45, 2.75) is 0 Å². The summed E-state index contributed by atoms with van der Waals surface area (Å²) in [5, 5.41) is 7.00. The molecule has 0 bridgehead atoms. The molecule has 292 valence electrons. The molecule has 2 aromatic heterocycles. The molecule has 62 heavy (non-hydrogen) atoms. The van der Waals surface area contributed by atoms with E-state index in [2.05, 4.69) is 251 Å². The Kier molecular flexibility index (Phi) is 8.46. The summed E-state index contributed by atoms with van der Waals surface area (Å²) in [7, 11) is 0. The number of anilines is 6. The van der Waals surface area contributed by atoms with Gasteiger partial charge in [-0.1, -0.05) is 133 Å². The Balaban J connectivity index is 1.00. The highest BCUT2D eigenvalue weighted by atomic mass is 16.3. The van der Waals surface area contributed by atoms with Gasteiger partial charge in [0.15, 0.2) is 0 Å². The van der Waals surface area contributed by atoms with Crippen LogP contribution in [0.4, 0.5) is 34.1 Å². The highest BCUT2D eigenvalue weighted by Crippen LogP contribution is 2.45. The van der Waals surface area contributed by atoms with Crippen LogP contribution in [0.25, 0.3) is 71.3 Å². The van der Waals surface area contributed by atoms with E-state index in [4.69, 9.17) is 4.42 Å². The van der Waals surface area contributed by atoms with E-state index in [0.29, 0.717) is 0 Å². The minimum atomic E-state index is 0.862. The molecule has 12 aromatic rings. The topological polar surface area (TPSA) is 24.6 Å². The lowest BCUT2D eigenvalue weighted by Gasteiger charge is -2.27. The lowest BCUT2D eigenvalue weighted by molar-refractivity contribution is 0.669. The second-order valence-corrected chi connectivity index (χ2v) is 15.8.